The first-order chi connectivity index (χ1) is 7.64. The maximum absolute atomic E-state index is 11.1. The topological polar surface area (TPSA) is 26.3 Å². The zero-order chi connectivity index (χ0) is 12.0. The van der Waals surface area contributed by atoms with Crippen molar-refractivity contribution in [1.29, 1.82) is 0 Å². The normalized spacial score (nSPS) is 12.9. The Morgan fingerprint density at radius 2 is 2.00 bits per heavy atom. The summed E-state index contributed by atoms with van der Waals surface area (Å²) in [5.74, 6) is 4.48. The summed E-state index contributed by atoms with van der Waals surface area (Å²) in [6.07, 6.45) is 10.9. The van der Waals surface area contributed by atoms with Crippen molar-refractivity contribution in [2.45, 2.75) is 18.9 Å². The van der Waals surface area contributed by atoms with Crippen LogP contribution in [0.1, 0.15) is 18.9 Å². The number of carbonyl (C=O) groups excluding carboxylic acids is 1. The molecular formula is C14H12O2. The summed E-state index contributed by atoms with van der Waals surface area (Å²) in [5.41, 5.74) is -0.437. The van der Waals surface area contributed by atoms with Crippen molar-refractivity contribution < 1.29 is 9.53 Å². The molecular weight excluding hydrogens is 200 g/mol. The first-order valence-electron chi connectivity index (χ1n) is 4.81. The van der Waals surface area contributed by atoms with E-state index in [2.05, 4.69) is 11.8 Å². The second-order valence-corrected chi connectivity index (χ2v) is 3.31. The number of hydrogen-bond donors (Lipinski definition) is 0. The van der Waals surface area contributed by atoms with Gasteiger partial charge in [-0.2, -0.15) is 0 Å². The molecule has 0 aromatic heterocycles. The Morgan fingerprint density at radius 3 is 2.44 bits per heavy atom. The highest BCUT2D eigenvalue weighted by atomic mass is 16.6. The van der Waals surface area contributed by atoms with Gasteiger partial charge in [-0.3, -0.25) is 4.79 Å². The fraction of sp³-hybridized carbons (Fsp3) is 0.214. The quantitative estimate of drug-likeness (QED) is 0.566. The Labute approximate surface area is 95.6 Å². The molecule has 0 amide bonds. The van der Waals surface area contributed by atoms with Gasteiger partial charge in [0, 0.05) is 12.5 Å². The van der Waals surface area contributed by atoms with Gasteiger partial charge in [0.1, 0.15) is 0 Å². The van der Waals surface area contributed by atoms with E-state index in [4.69, 9.17) is 17.6 Å². The lowest BCUT2D eigenvalue weighted by molar-refractivity contribution is -0.152. The number of rotatable bonds is 3. The molecule has 0 aliphatic carbocycles. The second kappa shape index (κ2) is 5.05. The molecule has 0 saturated carbocycles. The average molecular weight is 212 g/mol. The van der Waals surface area contributed by atoms with Crippen LogP contribution >= 0.6 is 0 Å². The Hall–Kier alpha value is -2.19. The van der Waals surface area contributed by atoms with E-state index in [0.29, 0.717) is 5.56 Å². The van der Waals surface area contributed by atoms with E-state index in [0.717, 1.165) is 0 Å². The van der Waals surface area contributed by atoms with Crippen molar-refractivity contribution in [2.24, 2.45) is 0 Å². The average Bonchev–Trinajstić information content (AvgIpc) is 2.29. The number of benzene rings is 1. The SMILES string of the molecule is C#CCC(C#C)(OC(C)=O)c1ccccc1. The molecule has 2 nitrogen and oxygen atoms in total. The van der Waals surface area contributed by atoms with Gasteiger partial charge in [0.25, 0.3) is 0 Å². The molecule has 0 saturated heterocycles. The van der Waals surface area contributed by atoms with Gasteiger partial charge in [-0.1, -0.05) is 36.3 Å². The van der Waals surface area contributed by atoms with Crippen LogP contribution in [0.15, 0.2) is 30.3 Å². The van der Waals surface area contributed by atoms with Gasteiger partial charge in [-0.05, 0) is 0 Å². The van der Waals surface area contributed by atoms with E-state index in [9.17, 15) is 4.79 Å². The standard InChI is InChI=1S/C14H12O2/c1-4-11-14(5-2,16-12(3)15)13-9-7-6-8-10-13/h1-2,6-10H,11H2,3H3. The predicted molar refractivity (Wildman–Crippen MR) is 62.2 cm³/mol. The van der Waals surface area contributed by atoms with Crippen LogP contribution in [0.5, 0.6) is 0 Å². The van der Waals surface area contributed by atoms with Crippen molar-refractivity contribution in [3.8, 4) is 24.7 Å². The molecule has 2 heteroatoms. The van der Waals surface area contributed by atoms with Gasteiger partial charge in [0.2, 0.25) is 5.60 Å². The lowest BCUT2D eigenvalue weighted by atomic mass is 9.91. The van der Waals surface area contributed by atoms with E-state index < -0.39 is 11.6 Å². The maximum Gasteiger partial charge on any atom is 0.304 e. The Kier molecular flexibility index (Phi) is 3.75. The third-order valence-corrected chi connectivity index (χ3v) is 2.14. The maximum atomic E-state index is 11.1. The van der Waals surface area contributed by atoms with E-state index in [1.165, 1.54) is 6.92 Å². The van der Waals surface area contributed by atoms with E-state index in [1.54, 1.807) is 12.1 Å². The van der Waals surface area contributed by atoms with Gasteiger partial charge >= 0.3 is 5.97 Å². The van der Waals surface area contributed by atoms with Crippen LogP contribution in [-0.4, -0.2) is 5.97 Å². The van der Waals surface area contributed by atoms with E-state index in [-0.39, 0.29) is 6.42 Å². The van der Waals surface area contributed by atoms with Crippen molar-refractivity contribution in [3.05, 3.63) is 35.9 Å². The lowest BCUT2D eigenvalue weighted by Gasteiger charge is -2.26. The minimum atomic E-state index is -1.15. The molecule has 0 heterocycles. The summed E-state index contributed by atoms with van der Waals surface area (Å²) in [5, 5.41) is 0. The van der Waals surface area contributed by atoms with Crippen molar-refractivity contribution in [1.82, 2.24) is 0 Å². The van der Waals surface area contributed by atoms with Gasteiger partial charge in [-0.25, -0.2) is 0 Å². The minimum absolute atomic E-state index is 0.160. The van der Waals surface area contributed by atoms with Gasteiger partial charge in [0.15, 0.2) is 0 Å². The summed E-state index contributed by atoms with van der Waals surface area (Å²) in [4.78, 5) is 11.1. The summed E-state index contributed by atoms with van der Waals surface area (Å²) in [6.45, 7) is 1.31. The fourth-order valence-corrected chi connectivity index (χ4v) is 1.46. The Balaban J connectivity index is 3.19. The molecule has 0 bridgehead atoms. The number of carbonyl (C=O) groups is 1. The smallest absolute Gasteiger partial charge is 0.304 e. The summed E-state index contributed by atoms with van der Waals surface area (Å²) < 4.78 is 5.20. The van der Waals surface area contributed by atoms with E-state index >= 15 is 0 Å². The molecule has 0 aliphatic rings. The van der Waals surface area contributed by atoms with Crippen LogP contribution in [0.25, 0.3) is 0 Å². The van der Waals surface area contributed by atoms with Crippen LogP contribution in [0, 0.1) is 24.7 Å². The van der Waals surface area contributed by atoms with Crippen LogP contribution in [-0.2, 0) is 15.1 Å². The first-order valence-corrected chi connectivity index (χ1v) is 4.81. The van der Waals surface area contributed by atoms with Crippen LogP contribution in [0.4, 0.5) is 0 Å². The van der Waals surface area contributed by atoms with E-state index in [1.807, 2.05) is 18.2 Å². The molecule has 0 fully saturated rings. The predicted octanol–water partition coefficient (Wildman–Crippen LogP) is 2.10. The highest BCUT2D eigenvalue weighted by Gasteiger charge is 2.32. The van der Waals surface area contributed by atoms with Crippen LogP contribution in [0.2, 0.25) is 0 Å². The van der Waals surface area contributed by atoms with Gasteiger partial charge < -0.3 is 4.74 Å². The third-order valence-electron chi connectivity index (χ3n) is 2.14. The molecule has 0 radical (unpaired) electrons. The molecule has 1 unspecified atom stereocenters. The molecule has 0 N–H and O–H groups in total. The molecule has 1 aromatic carbocycles. The van der Waals surface area contributed by atoms with Gasteiger partial charge in [0.05, 0.1) is 6.42 Å². The Morgan fingerprint density at radius 1 is 1.38 bits per heavy atom. The molecule has 0 aliphatic heterocycles. The van der Waals surface area contributed by atoms with Gasteiger partial charge in [-0.15, -0.1) is 18.8 Å². The fourth-order valence-electron chi connectivity index (χ4n) is 1.46. The van der Waals surface area contributed by atoms with Crippen molar-refractivity contribution in [3.63, 3.8) is 0 Å². The monoisotopic (exact) mass is 212 g/mol. The Bertz CT molecular complexity index is 448. The third kappa shape index (κ3) is 2.43. The lowest BCUT2D eigenvalue weighted by Crippen LogP contribution is -2.29. The molecule has 1 rings (SSSR count). The first kappa shape index (κ1) is 11.9. The molecule has 1 atom stereocenters. The number of ether oxygens (including phenoxy) is 1. The molecule has 16 heavy (non-hydrogen) atoms. The largest absolute Gasteiger partial charge is 0.441 e. The number of terminal acetylenes is 2. The summed E-state index contributed by atoms with van der Waals surface area (Å²) >= 11 is 0. The summed E-state index contributed by atoms with van der Waals surface area (Å²) in [6, 6.07) is 9.08. The molecule has 0 spiro atoms. The number of hydrogen-bond acceptors (Lipinski definition) is 2. The van der Waals surface area contributed by atoms with Crippen molar-refractivity contribution >= 4 is 5.97 Å². The van der Waals surface area contributed by atoms with Crippen molar-refractivity contribution in [2.75, 3.05) is 0 Å². The second-order valence-electron chi connectivity index (χ2n) is 3.31. The van der Waals surface area contributed by atoms with Crippen LogP contribution in [0.3, 0.4) is 0 Å². The van der Waals surface area contributed by atoms with Crippen LogP contribution < -0.4 is 0 Å². The zero-order valence-corrected chi connectivity index (χ0v) is 9.07. The zero-order valence-electron chi connectivity index (χ0n) is 9.07. The minimum Gasteiger partial charge on any atom is -0.441 e. The molecule has 80 valence electrons. The summed E-state index contributed by atoms with van der Waals surface area (Å²) in [7, 11) is 0. The highest BCUT2D eigenvalue weighted by molar-refractivity contribution is 5.67. The highest BCUT2D eigenvalue weighted by Crippen LogP contribution is 2.28. The molecule has 1 aromatic rings. The number of esters is 1.